The zero-order valence-corrected chi connectivity index (χ0v) is 10.3. The minimum atomic E-state index is -0.896. The van der Waals surface area contributed by atoms with Gasteiger partial charge in [-0.2, -0.15) is 0 Å². The number of carbonyl (C=O) groups excluding carboxylic acids is 3. The van der Waals surface area contributed by atoms with E-state index in [2.05, 4.69) is 5.32 Å². The molecule has 8 heteroatoms. The molecule has 18 heavy (non-hydrogen) atoms. The summed E-state index contributed by atoms with van der Waals surface area (Å²) in [6.45, 7) is 1.07. The lowest BCUT2D eigenvalue weighted by molar-refractivity contribution is -0.122. The van der Waals surface area contributed by atoms with Crippen molar-refractivity contribution in [2.24, 2.45) is 5.73 Å². The smallest absolute Gasteiger partial charge is 0.236 e. The van der Waals surface area contributed by atoms with Crippen molar-refractivity contribution in [3.8, 4) is 0 Å². The molecule has 0 unspecified atom stereocenters. The maximum atomic E-state index is 11.4. The number of hydrogen-bond acceptors (Lipinski definition) is 6. The maximum Gasteiger partial charge on any atom is 0.236 e. The molecular weight excluding hydrogens is 264 g/mol. The van der Waals surface area contributed by atoms with Crippen LogP contribution in [0.25, 0.3) is 0 Å². The van der Waals surface area contributed by atoms with Gasteiger partial charge < -0.3 is 21.3 Å². The van der Waals surface area contributed by atoms with Gasteiger partial charge in [-0.05, 0) is 6.92 Å². The molecule has 0 aromatic heterocycles. The predicted octanol–water partition coefficient (Wildman–Crippen LogP) is -0.723. The quantitative estimate of drug-likeness (QED) is 0.503. The summed E-state index contributed by atoms with van der Waals surface area (Å²) in [5, 5.41) is 20.7. The van der Waals surface area contributed by atoms with Gasteiger partial charge in [0.05, 0.1) is 18.2 Å². The molecule has 0 heterocycles. The lowest BCUT2D eigenvalue weighted by atomic mass is 10.00. The van der Waals surface area contributed by atoms with Crippen LogP contribution >= 0.6 is 12.4 Å². The van der Waals surface area contributed by atoms with Crippen molar-refractivity contribution in [2.75, 3.05) is 6.54 Å². The molecular formula is C10H13ClN2O5. The Kier molecular flexibility index (Phi) is 5.54. The molecule has 0 radical (unpaired) electrons. The molecule has 0 aromatic rings. The van der Waals surface area contributed by atoms with E-state index in [1.807, 2.05) is 0 Å². The highest BCUT2D eigenvalue weighted by Gasteiger charge is 2.28. The Morgan fingerprint density at radius 2 is 2.00 bits per heavy atom. The molecule has 1 amide bonds. The van der Waals surface area contributed by atoms with Crippen LogP contribution in [0, 0.1) is 0 Å². The number of halogens is 1. The Bertz CT molecular complexity index is 453. The highest BCUT2D eigenvalue weighted by atomic mass is 35.5. The lowest BCUT2D eigenvalue weighted by Gasteiger charge is -2.14. The van der Waals surface area contributed by atoms with Crippen molar-refractivity contribution in [2.45, 2.75) is 13.0 Å². The molecule has 1 atom stereocenters. The number of nitrogens with two attached hydrogens (primary N) is 1. The van der Waals surface area contributed by atoms with Gasteiger partial charge in [0.1, 0.15) is 0 Å². The van der Waals surface area contributed by atoms with E-state index in [0.717, 1.165) is 0 Å². The molecule has 0 saturated heterocycles. The fourth-order valence-corrected chi connectivity index (χ4v) is 1.17. The predicted molar refractivity (Wildman–Crippen MR) is 64.3 cm³/mol. The molecule has 7 nitrogen and oxygen atoms in total. The first-order valence-electron chi connectivity index (χ1n) is 4.79. The Morgan fingerprint density at radius 1 is 1.44 bits per heavy atom. The molecule has 0 aromatic carbocycles. The van der Waals surface area contributed by atoms with Crippen molar-refractivity contribution in [3.05, 3.63) is 23.2 Å². The van der Waals surface area contributed by atoms with E-state index >= 15 is 0 Å². The molecule has 0 saturated carbocycles. The van der Waals surface area contributed by atoms with Crippen LogP contribution in [0.5, 0.6) is 0 Å². The SMILES string of the molecule is C[C@H](N)C(=O)NCC1=C(O)C(=O)C=C(O)C1=O.Cl. The first-order chi connectivity index (χ1) is 7.84. The van der Waals surface area contributed by atoms with Crippen LogP contribution in [-0.4, -0.2) is 40.3 Å². The normalized spacial score (nSPS) is 16.9. The van der Waals surface area contributed by atoms with E-state index in [4.69, 9.17) is 10.8 Å². The molecule has 1 aliphatic rings. The van der Waals surface area contributed by atoms with E-state index in [-0.39, 0.29) is 24.5 Å². The molecule has 0 aliphatic heterocycles. The summed E-state index contributed by atoms with van der Waals surface area (Å²) < 4.78 is 0. The summed E-state index contributed by atoms with van der Waals surface area (Å²) in [6.07, 6.45) is 0.620. The van der Waals surface area contributed by atoms with Gasteiger partial charge in [-0.3, -0.25) is 14.4 Å². The number of ketones is 2. The number of amides is 1. The largest absolute Gasteiger partial charge is 0.504 e. The number of carbonyl (C=O) groups is 3. The minimum absolute atomic E-state index is 0. The number of allylic oxidation sites excluding steroid dienone is 2. The van der Waals surface area contributed by atoms with Crippen molar-refractivity contribution >= 4 is 29.9 Å². The van der Waals surface area contributed by atoms with Gasteiger partial charge in [-0.1, -0.05) is 0 Å². The van der Waals surface area contributed by atoms with Crippen LogP contribution in [0.15, 0.2) is 23.2 Å². The average Bonchev–Trinajstić information content (AvgIpc) is 2.26. The van der Waals surface area contributed by atoms with Gasteiger partial charge in [-0.15, -0.1) is 12.4 Å². The Hall–Kier alpha value is -1.86. The van der Waals surface area contributed by atoms with Gasteiger partial charge in [0.15, 0.2) is 11.5 Å². The lowest BCUT2D eigenvalue weighted by Crippen LogP contribution is -2.40. The highest BCUT2D eigenvalue weighted by molar-refractivity contribution is 6.20. The Labute approximate surface area is 109 Å². The minimum Gasteiger partial charge on any atom is -0.504 e. The fourth-order valence-electron chi connectivity index (χ4n) is 1.17. The van der Waals surface area contributed by atoms with E-state index in [0.29, 0.717) is 6.08 Å². The summed E-state index contributed by atoms with van der Waals surface area (Å²) >= 11 is 0. The van der Waals surface area contributed by atoms with Crippen LogP contribution in [-0.2, 0) is 14.4 Å². The van der Waals surface area contributed by atoms with E-state index in [1.54, 1.807) is 0 Å². The summed E-state index contributed by atoms with van der Waals surface area (Å²) in [4.78, 5) is 33.6. The average molecular weight is 277 g/mol. The molecule has 0 spiro atoms. The van der Waals surface area contributed by atoms with Crippen molar-refractivity contribution in [3.63, 3.8) is 0 Å². The van der Waals surface area contributed by atoms with E-state index in [1.165, 1.54) is 6.92 Å². The third-order valence-electron chi connectivity index (χ3n) is 2.15. The molecule has 0 bridgehead atoms. The maximum absolute atomic E-state index is 11.4. The second kappa shape index (κ2) is 6.18. The van der Waals surface area contributed by atoms with Crippen LogP contribution < -0.4 is 11.1 Å². The first kappa shape index (κ1) is 16.1. The summed E-state index contributed by atoms with van der Waals surface area (Å²) in [6, 6.07) is -0.781. The second-order valence-corrected chi connectivity index (χ2v) is 3.56. The standard InChI is InChI=1S/C10H12N2O5.ClH/c1-4(11)10(17)12-3-5-8(15)6(13)2-7(14)9(5)16;/h2,4,13,16H,3,11H2,1H3,(H,12,17);1H/t4-;/m0./s1. The van der Waals surface area contributed by atoms with E-state index in [9.17, 15) is 19.5 Å². The van der Waals surface area contributed by atoms with Crippen molar-refractivity contribution < 1.29 is 24.6 Å². The second-order valence-electron chi connectivity index (χ2n) is 3.56. The monoisotopic (exact) mass is 276 g/mol. The third-order valence-corrected chi connectivity index (χ3v) is 2.15. The number of hydrogen-bond donors (Lipinski definition) is 4. The summed E-state index contributed by atoms with van der Waals surface area (Å²) in [7, 11) is 0. The van der Waals surface area contributed by atoms with E-state index < -0.39 is 35.0 Å². The number of rotatable bonds is 3. The first-order valence-corrected chi connectivity index (χ1v) is 4.79. The molecule has 1 rings (SSSR count). The summed E-state index contributed by atoms with van der Waals surface area (Å²) in [5.41, 5.74) is 4.91. The fraction of sp³-hybridized carbons (Fsp3) is 0.300. The van der Waals surface area contributed by atoms with Gasteiger partial charge in [0, 0.05) is 6.08 Å². The molecule has 0 fully saturated rings. The van der Waals surface area contributed by atoms with Gasteiger partial charge in [0.25, 0.3) is 0 Å². The zero-order valence-electron chi connectivity index (χ0n) is 9.47. The molecule has 100 valence electrons. The molecule has 1 aliphatic carbocycles. The summed E-state index contributed by atoms with van der Waals surface area (Å²) in [5.74, 6) is -3.87. The number of aliphatic hydroxyl groups is 2. The zero-order chi connectivity index (χ0) is 13.2. The van der Waals surface area contributed by atoms with Crippen molar-refractivity contribution in [1.29, 1.82) is 0 Å². The van der Waals surface area contributed by atoms with Gasteiger partial charge >= 0.3 is 0 Å². The van der Waals surface area contributed by atoms with Crippen LogP contribution in [0.1, 0.15) is 6.92 Å². The topological polar surface area (TPSA) is 130 Å². The Balaban J connectivity index is 0.00000289. The number of aliphatic hydroxyl groups excluding tert-OH is 2. The number of Topliss-reactive ketones (excluding diaryl/α,β-unsaturated/α-hetero) is 1. The third kappa shape index (κ3) is 3.31. The van der Waals surface area contributed by atoms with Gasteiger partial charge in [0.2, 0.25) is 17.5 Å². The Morgan fingerprint density at radius 3 is 2.50 bits per heavy atom. The van der Waals surface area contributed by atoms with Crippen LogP contribution in [0.3, 0.4) is 0 Å². The number of nitrogens with one attached hydrogen (secondary N) is 1. The van der Waals surface area contributed by atoms with Crippen LogP contribution in [0.2, 0.25) is 0 Å². The highest BCUT2D eigenvalue weighted by Crippen LogP contribution is 2.15. The van der Waals surface area contributed by atoms with Crippen molar-refractivity contribution in [1.82, 2.24) is 5.32 Å². The van der Waals surface area contributed by atoms with Crippen LogP contribution in [0.4, 0.5) is 0 Å². The molecule has 5 N–H and O–H groups in total. The van der Waals surface area contributed by atoms with Gasteiger partial charge in [-0.25, -0.2) is 0 Å².